The monoisotopic (exact) mass is 439 g/mol. The molecule has 0 unspecified atom stereocenters. The van der Waals surface area contributed by atoms with Crippen molar-refractivity contribution in [2.75, 3.05) is 18.2 Å². The van der Waals surface area contributed by atoms with Gasteiger partial charge in [0.2, 0.25) is 5.91 Å². The fourth-order valence-corrected chi connectivity index (χ4v) is 3.62. The Morgan fingerprint density at radius 2 is 1.90 bits per heavy atom. The van der Waals surface area contributed by atoms with Crippen molar-refractivity contribution in [3.8, 4) is 5.75 Å². The number of benzene rings is 2. The first-order chi connectivity index (χ1) is 14.9. The molecule has 0 saturated carbocycles. The molecule has 9 heteroatoms. The van der Waals surface area contributed by atoms with Gasteiger partial charge in [0.1, 0.15) is 5.75 Å². The van der Waals surface area contributed by atoms with Crippen molar-refractivity contribution in [3.63, 3.8) is 0 Å². The van der Waals surface area contributed by atoms with Crippen LogP contribution in [0.5, 0.6) is 5.75 Å². The van der Waals surface area contributed by atoms with Gasteiger partial charge in [-0.3, -0.25) is 9.59 Å². The van der Waals surface area contributed by atoms with Crippen LogP contribution in [0.1, 0.15) is 34.7 Å². The number of hydrogen-bond donors (Lipinski definition) is 2. The van der Waals surface area contributed by atoms with Crippen molar-refractivity contribution >= 4 is 29.3 Å². The Balaban J connectivity index is 1.57. The molecule has 0 bridgehead atoms. The highest BCUT2D eigenvalue weighted by molar-refractivity contribution is 7.99. The first-order valence-corrected chi connectivity index (χ1v) is 10.7. The number of amides is 2. The summed E-state index contributed by atoms with van der Waals surface area (Å²) in [7, 11) is 3.39. The van der Waals surface area contributed by atoms with E-state index >= 15 is 0 Å². The summed E-state index contributed by atoms with van der Waals surface area (Å²) < 4.78 is 6.94. The normalized spacial score (nSPS) is 11.6. The van der Waals surface area contributed by atoms with Crippen LogP contribution < -0.4 is 15.4 Å². The summed E-state index contributed by atoms with van der Waals surface area (Å²) in [6, 6.07) is 14.2. The van der Waals surface area contributed by atoms with Gasteiger partial charge in [0.05, 0.1) is 18.9 Å². The van der Waals surface area contributed by atoms with Gasteiger partial charge < -0.3 is 19.9 Å². The zero-order valence-electron chi connectivity index (χ0n) is 17.9. The highest BCUT2D eigenvalue weighted by atomic mass is 32.2. The molecule has 3 rings (SSSR count). The van der Waals surface area contributed by atoms with Gasteiger partial charge in [-0.2, -0.15) is 0 Å². The fraction of sp³-hybridized carbons (Fsp3) is 0.273. The Hall–Kier alpha value is -3.33. The Bertz CT molecular complexity index is 1070. The Morgan fingerprint density at radius 1 is 1.16 bits per heavy atom. The molecule has 3 aromatic rings. The van der Waals surface area contributed by atoms with E-state index in [4.69, 9.17) is 4.74 Å². The summed E-state index contributed by atoms with van der Waals surface area (Å²) in [4.78, 5) is 24.7. The maximum atomic E-state index is 12.5. The maximum absolute atomic E-state index is 12.5. The number of thioether (sulfide) groups is 1. The van der Waals surface area contributed by atoms with Crippen LogP contribution >= 0.6 is 11.8 Å². The Kier molecular flexibility index (Phi) is 7.30. The van der Waals surface area contributed by atoms with E-state index in [1.54, 1.807) is 35.9 Å². The minimum Gasteiger partial charge on any atom is -0.497 e. The molecule has 1 heterocycles. The summed E-state index contributed by atoms with van der Waals surface area (Å²) in [6.07, 6.45) is 0. The molecule has 0 aliphatic rings. The number of carbonyl (C=O) groups is 2. The molecule has 0 saturated heterocycles. The average molecular weight is 440 g/mol. The zero-order chi connectivity index (χ0) is 22.4. The number of aryl methyl sites for hydroxylation is 1. The lowest BCUT2D eigenvalue weighted by Crippen LogP contribution is -2.28. The third-order valence-electron chi connectivity index (χ3n) is 4.60. The average Bonchev–Trinajstić information content (AvgIpc) is 3.13. The third kappa shape index (κ3) is 5.85. The second-order valence-electron chi connectivity index (χ2n) is 7.03. The lowest BCUT2D eigenvalue weighted by atomic mass is 10.1. The van der Waals surface area contributed by atoms with Crippen LogP contribution in [-0.2, 0) is 11.8 Å². The number of nitrogens with zero attached hydrogens (tertiary/aromatic N) is 3. The molecule has 0 aliphatic heterocycles. The van der Waals surface area contributed by atoms with Crippen molar-refractivity contribution in [1.29, 1.82) is 0 Å². The van der Waals surface area contributed by atoms with E-state index in [1.807, 2.05) is 45.2 Å². The first kappa shape index (κ1) is 22.4. The number of carbonyl (C=O) groups excluding carboxylic acids is 2. The molecule has 1 aromatic heterocycles. The predicted octanol–water partition coefficient (Wildman–Crippen LogP) is 3.35. The largest absolute Gasteiger partial charge is 0.497 e. The van der Waals surface area contributed by atoms with Gasteiger partial charge in [-0.1, -0.05) is 35.5 Å². The number of aromatic nitrogens is 3. The molecule has 2 N–H and O–H groups in total. The van der Waals surface area contributed by atoms with Gasteiger partial charge >= 0.3 is 0 Å². The standard InChI is InChI=1S/C22H25N5O3S/c1-14-8-10-16(11-9-14)21(29)23-15(2)20-25-26-22(27(20)3)31-13-19(28)24-17-6-5-7-18(12-17)30-4/h5-12,15H,13H2,1-4H3,(H,23,29)(H,24,28)/t15-/m0/s1. The molecule has 2 amide bonds. The molecule has 0 spiro atoms. The van der Waals surface area contributed by atoms with E-state index in [-0.39, 0.29) is 23.6 Å². The van der Waals surface area contributed by atoms with Crippen LogP contribution in [0, 0.1) is 6.92 Å². The molecule has 2 aromatic carbocycles. The van der Waals surface area contributed by atoms with E-state index in [0.717, 1.165) is 5.56 Å². The number of anilines is 1. The molecule has 31 heavy (non-hydrogen) atoms. The number of ether oxygens (including phenoxy) is 1. The molecule has 0 radical (unpaired) electrons. The molecular formula is C22H25N5O3S. The van der Waals surface area contributed by atoms with Gasteiger partial charge in [-0.25, -0.2) is 0 Å². The number of nitrogens with one attached hydrogen (secondary N) is 2. The molecule has 162 valence electrons. The minimum absolute atomic E-state index is 0.163. The van der Waals surface area contributed by atoms with Crippen molar-refractivity contribution in [3.05, 3.63) is 65.5 Å². The van der Waals surface area contributed by atoms with Gasteiger partial charge in [-0.15, -0.1) is 10.2 Å². The second kappa shape index (κ2) is 10.1. The first-order valence-electron chi connectivity index (χ1n) is 9.71. The van der Waals surface area contributed by atoms with Gasteiger partial charge in [0, 0.05) is 24.4 Å². The van der Waals surface area contributed by atoms with Crippen molar-refractivity contribution in [2.45, 2.75) is 25.0 Å². The smallest absolute Gasteiger partial charge is 0.251 e. The highest BCUT2D eigenvalue weighted by Crippen LogP contribution is 2.21. The van der Waals surface area contributed by atoms with Crippen molar-refractivity contribution < 1.29 is 14.3 Å². The minimum atomic E-state index is -0.341. The summed E-state index contributed by atoms with van der Waals surface area (Å²) in [5, 5.41) is 14.7. The summed E-state index contributed by atoms with van der Waals surface area (Å²) in [6.45, 7) is 3.82. The van der Waals surface area contributed by atoms with E-state index < -0.39 is 0 Å². The third-order valence-corrected chi connectivity index (χ3v) is 5.62. The van der Waals surface area contributed by atoms with Crippen molar-refractivity contribution in [2.24, 2.45) is 7.05 Å². The summed E-state index contributed by atoms with van der Waals surface area (Å²) in [5.74, 6) is 1.11. The number of hydrogen-bond acceptors (Lipinski definition) is 6. The molecule has 8 nitrogen and oxygen atoms in total. The zero-order valence-corrected chi connectivity index (χ0v) is 18.7. The maximum Gasteiger partial charge on any atom is 0.251 e. The van der Waals surface area contributed by atoms with E-state index in [1.165, 1.54) is 11.8 Å². The summed E-state index contributed by atoms with van der Waals surface area (Å²) in [5.41, 5.74) is 2.34. The quantitative estimate of drug-likeness (QED) is 0.523. The molecule has 1 atom stereocenters. The molecule has 0 aliphatic carbocycles. The van der Waals surface area contributed by atoms with E-state index in [9.17, 15) is 9.59 Å². The Morgan fingerprint density at radius 3 is 2.61 bits per heavy atom. The van der Waals surface area contributed by atoms with Crippen LogP contribution in [0.2, 0.25) is 0 Å². The number of methoxy groups -OCH3 is 1. The van der Waals surface area contributed by atoms with Crippen LogP contribution in [0.15, 0.2) is 53.7 Å². The molecule has 0 fully saturated rings. The summed E-state index contributed by atoms with van der Waals surface area (Å²) >= 11 is 1.27. The van der Waals surface area contributed by atoms with Crippen molar-refractivity contribution in [1.82, 2.24) is 20.1 Å². The SMILES string of the molecule is COc1cccc(NC(=O)CSc2nnc([C@H](C)NC(=O)c3ccc(C)cc3)n2C)c1. The fourth-order valence-electron chi connectivity index (χ4n) is 2.91. The predicted molar refractivity (Wildman–Crippen MR) is 120 cm³/mol. The van der Waals surface area contributed by atoms with Crippen LogP contribution in [0.4, 0.5) is 5.69 Å². The van der Waals surface area contributed by atoms with Gasteiger partial charge in [0.15, 0.2) is 11.0 Å². The van der Waals surface area contributed by atoms with Gasteiger partial charge in [0.25, 0.3) is 5.91 Å². The highest BCUT2D eigenvalue weighted by Gasteiger charge is 2.19. The Labute approximate surface area is 185 Å². The van der Waals surface area contributed by atoms with Crippen LogP contribution in [-0.4, -0.2) is 39.4 Å². The lowest BCUT2D eigenvalue weighted by Gasteiger charge is -2.13. The van der Waals surface area contributed by atoms with E-state index in [2.05, 4.69) is 20.8 Å². The lowest BCUT2D eigenvalue weighted by molar-refractivity contribution is -0.113. The van der Waals surface area contributed by atoms with Crippen LogP contribution in [0.25, 0.3) is 0 Å². The topological polar surface area (TPSA) is 98.1 Å². The van der Waals surface area contributed by atoms with Gasteiger partial charge in [-0.05, 0) is 38.1 Å². The van der Waals surface area contributed by atoms with Crippen LogP contribution in [0.3, 0.4) is 0 Å². The molecular weight excluding hydrogens is 414 g/mol. The van der Waals surface area contributed by atoms with E-state index in [0.29, 0.717) is 28.0 Å². The second-order valence-corrected chi connectivity index (χ2v) is 7.97. The number of rotatable bonds is 8.